The number of piperazine rings is 1. The Bertz CT molecular complexity index is 869. The Morgan fingerprint density at radius 3 is 2.88 bits per heavy atom. The molecule has 3 aromatic rings. The van der Waals surface area contributed by atoms with Crippen molar-refractivity contribution in [2.75, 3.05) is 19.6 Å². The first-order valence-electron chi connectivity index (χ1n) is 8.66. The van der Waals surface area contributed by atoms with Gasteiger partial charge in [-0.3, -0.25) is 9.80 Å². The highest BCUT2D eigenvalue weighted by Crippen LogP contribution is 2.18. The Labute approximate surface area is 146 Å². The topological polar surface area (TPSA) is 53.0 Å². The van der Waals surface area contributed by atoms with Crippen LogP contribution in [0.4, 0.5) is 4.39 Å². The third kappa shape index (κ3) is 3.29. The number of halogens is 1. The molecule has 0 bridgehead atoms. The normalized spacial score (nSPS) is 19.7. The van der Waals surface area contributed by atoms with E-state index in [9.17, 15) is 4.39 Å². The fourth-order valence-corrected chi connectivity index (χ4v) is 3.51. The SMILES string of the molecule is CC1CN(Cc2nc3c(F)cccc3[nH]2)CCN1Cc1nccn1C. The minimum Gasteiger partial charge on any atom is -0.341 e. The van der Waals surface area contributed by atoms with Gasteiger partial charge in [0.2, 0.25) is 0 Å². The highest BCUT2D eigenvalue weighted by Gasteiger charge is 2.25. The summed E-state index contributed by atoms with van der Waals surface area (Å²) in [6.45, 7) is 6.75. The fourth-order valence-electron chi connectivity index (χ4n) is 3.51. The maximum Gasteiger partial charge on any atom is 0.151 e. The van der Waals surface area contributed by atoms with Crippen LogP contribution in [0.2, 0.25) is 0 Å². The van der Waals surface area contributed by atoms with Crippen LogP contribution in [-0.4, -0.2) is 55.0 Å². The van der Waals surface area contributed by atoms with E-state index in [1.165, 1.54) is 6.07 Å². The van der Waals surface area contributed by atoms with Crippen LogP contribution < -0.4 is 0 Å². The fraction of sp³-hybridized carbons (Fsp3) is 0.444. The zero-order valence-corrected chi connectivity index (χ0v) is 14.6. The first-order valence-corrected chi connectivity index (χ1v) is 8.66. The van der Waals surface area contributed by atoms with Crippen LogP contribution in [0.3, 0.4) is 0 Å². The quantitative estimate of drug-likeness (QED) is 0.789. The smallest absolute Gasteiger partial charge is 0.151 e. The number of para-hydroxylation sites is 1. The molecule has 0 spiro atoms. The summed E-state index contributed by atoms with van der Waals surface area (Å²) >= 11 is 0. The standard InChI is InChI=1S/C18H23FN6/c1-13-10-24(8-9-25(13)12-17-20-6-7-23(17)2)11-16-21-15-5-3-4-14(19)18(15)22-16/h3-7,13H,8-12H2,1-2H3,(H,21,22). The van der Waals surface area contributed by atoms with Crippen LogP contribution in [-0.2, 0) is 20.1 Å². The van der Waals surface area contributed by atoms with Gasteiger partial charge in [0.15, 0.2) is 5.82 Å². The highest BCUT2D eigenvalue weighted by atomic mass is 19.1. The molecule has 1 aliphatic rings. The molecule has 6 nitrogen and oxygen atoms in total. The first kappa shape index (κ1) is 16.2. The van der Waals surface area contributed by atoms with E-state index in [2.05, 4.69) is 36.2 Å². The van der Waals surface area contributed by atoms with Crippen molar-refractivity contribution >= 4 is 11.0 Å². The van der Waals surface area contributed by atoms with Gasteiger partial charge in [0.25, 0.3) is 0 Å². The van der Waals surface area contributed by atoms with Gasteiger partial charge in [0.1, 0.15) is 17.2 Å². The molecule has 2 aromatic heterocycles. The first-order chi connectivity index (χ1) is 12.1. The molecular formula is C18H23FN6. The van der Waals surface area contributed by atoms with Crippen LogP contribution in [0.15, 0.2) is 30.6 Å². The molecule has 7 heteroatoms. The molecule has 1 atom stereocenters. The summed E-state index contributed by atoms with van der Waals surface area (Å²) in [5.41, 5.74) is 1.19. The monoisotopic (exact) mass is 342 g/mol. The lowest BCUT2D eigenvalue weighted by Crippen LogP contribution is -2.51. The molecule has 25 heavy (non-hydrogen) atoms. The number of fused-ring (bicyclic) bond motifs is 1. The Kier molecular flexibility index (Phi) is 4.27. The zero-order chi connectivity index (χ0) is 17.4. The lowest BCUT2D eigenvalue weighted by atomic mass is 10.2. The summed E-state index contributed by atoms with van der Waals surface area (Å²) in [7, 11) is 2.03. The molecular weight excluding hydrogens is 319 g/mol. The van der Waals surface area contributed by atoms with Crippen molar-refractivity contribution in [3.05, 3.63) is 48.1 Å². The van der Waals surface area contributed by atoms with Crippen molar-refractivity contribution < 1.29 is 4.39 Å². The Morgan fingerprint density at radius 1 is 1.28 bits per heavy atom. The number of aromatic amines is 1. The second-order valence-electron chi connectivity index (χ2n) is 6.83. The van der Waals surface area contributed by atoms with E-state index in [0.717, 1.165) is 43.3 Å². The summed E-state index contributed by atoms with van der Waals surface area (Å²) < 4.78 is 15.9. The average molecular weight is 342 g/mol. The Balaban J connectivity index is 1.40. The third-order valence-electron chi connectivity index (χ3n) is 5.00. The van der Waals surface area contributed by atoms with E-state index < -0.39 is 0 Å². The maximum absolute atomic E-state index is 13.8. The van der Waals surface area contributed by atoms with Crippen molar-refractivity contribution in [3.63, 3.8) is 0 Å². The number of H-pyrrole nitrogens is 1. The molecule has 3 heterocycles. The van der Waals surface area contributed by atoms with Crippen molar-refractivity contribution in [2.24, 2.45) is 7.05 Å². The molecule has 0 amide bonds. The molecule has 1 aliphatic heterocycles. The third-order valence-corrected chi connectivity index (χ3v) is 5.00. The van der Waals surface area contributed by atoms with Crippen molar-refractivity contribution in [1.82, 2.24) is 29.3 Å². The molecule has 0 aliphatic carbocycles. The Morgan fingerprint density at radius 2 is 2.16 bits per heavy atom. The van der Waals surface area contributed by atoms with E-state index in [1.54, 1.807) is 6.07 Å². The number of nitrogens with one attached hydrogen (secondary N) is 1. The van der Waals surface area contributed by atoms with E-state index >= 15 is 0 Å². The van der Waals surface area contributed by atoms with Gasteiger partial charge in [-0.2, -0.15) is 0 Å². The van der Waals surface area contributed by atoms with Crippen LogP contribution in [0.25, 0.3) is 11.0 Å². The van der Waals surface area contributed by atoms with Gasteiger partial charge in [-0.15, -0.1) is 0 Å². The molecule has 1 fully saturated rings. The predicted molar refractivity (Wildman–Crippen MR) is 94.4 cm³/mol. The molecule has 4 rings (SSSR count). The predicted octanol–water partition coefficient (Wildman–Crippen LogP) is 2.14. The zero-order valence-electron chi connectivity index (χ0n) is 14.6. The van der Waals surface area contributed by atoms with Crippen LogP contribution in [0, 0.1) is 5.82 Å². The molecule has 1 aromatic carbocycles. The Hall–Kier alpha value is -2.25. The molecule has 1 saturated heterocycles. The summed E-state index contributed by atoms with van der Waals surface area (Å²) in [4.78, 5) is 16.9. The molecule has 0 saturated carbocycles. The molecule has 132 valence electrons. The van der Waals surface area contributed by atoms with E-state index in [1.807, 2.05) is 25.5 Å². The summed E-state index contributed by atoms with van der Waals surface area (Å²) in [5.74, 6) is 1.64. The summed E-state index contributed by atoms with van der Waals surface area (Å²) in [6.07, 6.45) is 3.83. The number of nitrogens with zero attached hydrogens (tertiary/aromatic N) is 5. The minimum atomic E-state index is -0.270. The van der Waals surface area contributed by atoms with Gasteiger partial charge in [0, 0.05) is 45.1 Å². The van der Waals surface area contributed by atoms with Crippen molar-refractivity contribution in [2.45, 2.75) is 26.1 Å². The van der Waals surface area contributed by atoms with E-state index in [-0.39, 0.29) is 5.82 Å². The van der Waals surface area contributed by atoms with Gasteiger partial charge in [0.05, 0.1) is 18.6 Å². The summed E-state index contributed by atoms with van der Waals surface area (Å²) in [6, 6.07) is 5.46. The van der Waals surface area contributed by atoms with Crippen LogP contribution in [0.5, 0.6) is 0 Å². The van der Waals surface area contributed by atoms with E-state index in [4.69, 9.17) is 0 Å². The molecule has 1 N–H and O–H groups in total. The number of hydrogen-bond donors (Lipinski definition) is 1. The highest BCUT2D eigenvalue weighted by molar-refractivity contribution is 5.75. The minimum absolute atomic E-state index is 0.270. The van der Waals surface area contributed by atoms with Gasteiger partial charge in [-0.1, -0.05) is 6.07 Å². The van der Waals surface area contributed by atoms with Crippen molar-refractivity contribution in [3.8, 4) is 0 Å². The molecule has 1 unspecified atom stereocenters. The second kappa shape index (κ2) is 6.57. The maximum atomic E-state index is 13.8. The van der Waals surface area contributed by atoms with Gasteiger partial charge in [-0.05, 0) is 19.1 Å². The van der Waals surface area contributed by atoms with Gasteiger partial charge < -0.3 is 9.55 Å². The number of aromatic nitrogens is 4. The number of benzene rings is 1. The van der Waals surface area contributed by atoms with Crippen LogP contribution in [0.1, 0.15) is 18.6 Å². The number of rotatable bonds is 4. The largest absolute Gasteiger partial charge is 0.341 e. The molecule has 0 radical (unpaired) electrons. The lowest BCUT2D eigenvalue weighted by molar-refractivity contribution is 0.0694. The average Bonchev–Trinajstić information content (AvgIpc) is 3.17. The van der Waals surface area contributed by atoms with E-state index in [0.29, 0.717) is 18.1 Å². The number of imidazole rings is 2. The number of aryl methyl sites for hydroxylation is 1. The lowest BCUT2D eigenvalue weighted by Gasteiger charge is -2.39. The van der Waals surface area contributed by atoms with Gasteiger partial charge in [-0.25, -0.2) is 14.4 Å². The second-order valence-corrected chi connectivity index (χ2v) is 6.83. The van der Waals surface area contributed by atoms with Crippen LogP contribution >= 0.6 is 0 Å². The van der Waals surface area contributed by atoms with Crippen molar-refractivity contribution in [1.29, 1.82) is 0 Å². The number of hydrogen-bond acceptors (Lipinski definition) is 4. The summed E-state index contributed by atoms with van der Waals surface area (Å²) in [5, 5.41) is 0. The van der Waals surface area contributed by atoms with Gasteiger partial charge >= 0.3 is 0 Å².